The lowest BCUT2D eigenvalue weighted by Gasteiger charge is -2.32. The van der Waals surface area contributed by atoms with Crippen LogP contribution in [0.5, 0.6) is 0 Å². The fourth-order valence-corrected chi connectivity index (χ4v) is 3.62. The first-order valence-electron chi connectivity index (χ1n) is 11.9. The molecule has 0 saturated heterocycles. The number of ether oxygens (including phenoxy) is 1. The molecule has 198 valence electrons. The van der Waals surface area contributed by atoms with E-state index < -0.39 is 5.41 Å². The SMILES string of the molecule is C=C/C=C\C=C/C(C)C(C#N)(CC)CCN(C)C/C(=C/C=C\N)COC(=C/C=C(\C)NN)/C(Br)=C/N. The Kier molecular flexibility index (Phi) is 17.6. The van der Waals surface area contributed by atoms with Gasteiger partial charge in [0, 0.05) is 18.4 Å². The summed E-state index contributed by atoms with van der Waals surface area (Å²) in [5.41, 5.74) is 15.2. The van der Waals surface area contributed by atoms with Gasteiger partial charge in [-0.05, 0) is 85.2 Å². The Morgan fingerprint density at radius 3 is 2.50 bits per heavy atom. The number of hydrazine groups is 1. The van der Waals surface area contributed by atoms with Gasteiger partial charge in [0.15, 0.2) is 0 Å². The normalized spacial score (nSPS) is 16.5. The Hall–Kier alpha value is -2.99. The highest BCUT2D eigenvalue weighted by molar-refractivity contribution is 9.11. The van der Waals surface area contributed by atoms with Gasteiger partial charge in [-0.25, -0.2) is 0 Å². The van der Waals surface area contributed by atoms with Crippen molar-refractivity contribution in [3.8, 4) is 6.07 Å². The minimum Gasteiger partial charge on any atom is -0.488 e. The largest absolute Gasteiger partial charge is 0.488 e. The molecule has 0 aliphatic carbocycles. The number of nitrogens with zero attached hydrogens (tertiary/aromatic N) is 2. The van der Waals surface area contributed by atoms with Crippen LogP contribution in [0, 0.1) is 22.7 Å². The maximum atomic E-state index is 10.1. The molecule has 8 heteroatoms. The lowest BCUT2D eigenvalue weighted by atomic mass is 9.72. The summed E-state index contributed by atoms with van der Waals surface area (Å²) in [6.45, 7) is 11.4. The van der Waals surface area contributed by atoms with Crippen LogP contribution in [0.2, 0.25) is 0 Å². The first-order chi connectivity index (χ1) is 17.2. The smallest absolute Gasteiger partial charge is 0.135 e. The fraction of sp³-hybridized carbons (Fsp3) is 0.393. The zero-order chi connectivity index (χ0) is 27.4. The molecule has 2 unspecified atom stereocenters. The quantitative estimate of drug-likeness (QED) is 0.0853. The zero-order valence-corrected chi connectivity index (χ0v) is 23.7. The molecular weight excluding hydrogens is 516 g/mol. The molecule has 0 aliphatic rings. The second-order valence-electron chi connectivity index (χ2n) is 8.44. The van der Waals surface area contributed by atoms with E-state index in [4.69, 9.17) is 22.0 Å². The van der Waals surface area contributed by atoms with Crippen molar-refractivity contribution in [2.45, 2.75) is 33.6 Å². The van der Waals surface area contributed by atoms with Crippen LogP contribution in [0.4, 0.5) is 0 Å². The highest BCUT2D eigenvalue weighted by Gasteiger charge is 2.33. The van der Waals surface area contributed by atoms with Gasteiger partial charge in [0.1, 0.15) is 12.4 Å². The first kappa shape index (κ1) is 33.0. The maximum absolute atomic E-state index is 10.1. The average Bonchev–Trinajstić information content (AvgIpc) is 2.89. The maximum Gasteiger partial charge on any atom is 0.135 e. The van der Waals surface area contributed by atoms with Crippen molar-refractivity contribution >= 4 is 15.9 Å². The number of nitrogens with one attached hydrogen (secondary N) is 1. The molecule has 0 rings (SSSR count). The molecule has 0 radical (unpaired) electrons. The van der Waals surface area contributed by atoms with Gasteiger partial charge in [-0.1, -0.05) is 56.9 Å². The highest BCUT2D eigenvalue weighted by atomic mass is 79.9. The number of nitriles is 1. The minimum absolute atomic E-state index is 0.113. The molecule has 0 aliphatic heterocycles. The Morgan fingerprint density at radius 2 is 1.94 bits per heavy atom. The van der Waals surface area contributed by atoms with E-state index in [9.17, 15) is 5.26 Å². The lowest BCUT2D eigenvalue weighted by Crippen LogP contribution is -2.32. The van der Waals surface area contributed by atoms with Crippen molar-refractivity contribution in [2.24, 2.45) is 28.6 Å². The number of rotatable bonds is 17. The molecule has 0 heterocycles. The molecule has 2 atom stereocenters. The number of likely N-dealkylation sites (N-methyl/N-ethyl adjacent to an activating group) is 1. The molecule has 0 aromatic carbocycles. The molecule has 0 amide bonds. The molecule has 0 bridgehead atoms. The van der Waals surface area contributed by atoms with Crippen LogP contribution in [0.3, 0.4) is 0 Å². The third kappa shape index (κ3) is 12.6. The predicted molar refractivity (Wildman–Crippen MR) is 156 cm³/mol. The molecule has 0 fully saturated rings. The summed E-state index contributed by atoms with van der Waals surface area (Å²) in [4.78, 5) is 2.19. The van der Waals surface area contributed by atoms with Gasteiger partial charge in [0.05, 0.1) is 16.0 Å². The van der Waals surface area contributed by atoms with Gasteiger partial charge in [0.25, 0.3) is 0 Å². The number of hydrogen-bond donors (Lipinski definition) is 4. The Morgan fingerprint density at radius 1 is 1.22 bits per heavy atom. The average molecular weight is 560 g/mol. The Labute approximate surface area is 226 Å². The summed E-state index contributed by atoms with van der Waals surface area (Å²) in [5, 5.41) is 10.1. The zero-order valence-electron chi connectivity index (χ0n) is 22.1. The van der Waals surface area contributed by atoms with E-state index >= 15 is 0 Å². The predicted octanol–water partition coefficient (Wildman–Crippen LogP) is 5.02. The van der Waals surface area contributed by atoms with E-state index in [0.717, 1.165) is 30.7 Å². The van der Waals surface area contributed by atoms with E-state index in [0.29, 0.717) is 23.4 Å². The van der Waals surface area contributed by atoms with Gasteiger partial charge in [-0.3, -0.25) is 5.84 Å². The van der Waals surface area contributed by atoms with Crippen LogP contribution in [0.1, 0.15) is 33.6 Å². The van der Waals surface area contributed by atoms with Crippen LogP contribution in [-0.2, 0) is 4.74 Å². The summed E-state index contributed by atoms with van der Waals surface area (Å²) in [6, 6.07) is 2.60. The summed E-state index contributed by atoms with van der Waals surface area (Å²) in [5.74, 6) is 6.11. The van der Waals surface area contributed by atoms with E-state index in [1.165, 1.54) is 12.4 Å². The van der Waals surface area contributed by atoms with Crippen molar-refractivity contribution in [3.05, 3.63) is 95.2 Å². The number of allylic oxidation sites excluding steroid dienone is 11. The molecule has 0 spiro atoms. The third-order valence-corrected chi connectivity index (χ3v) is 6.50. The minimum atomic E-state index is -0.446. The summed E-state index contributed by atoms with van der Waals surface area (Å²) >= 11 is 3.42. The van der Waals surface area contributed by atoms with Crippen LogP contribution >= 0.6 is 15.9 Å². The van der Waals surface area contributed by atoms with E-state index in [1.807, 2.05) is 38.3 Å². The van der Waals surface area contributed by atoms with Crippen molar-refractivity contribution in [3.63, 3.8) is 0 Å². The van der Waals surface area contributed by atoms with Gasteiger partial charge in [-0.2, -0.15) is 5.26 Å². The van der Waals surface area contributed by atoms with Gasteiger partial charge >= 0.3 is 0 Å². The van der Waals surface area contributed by atoms with Crippen LogP contribution < -0.4 is 22.7 Å². The van der Waals surface area contributed by atoms with Crippen LogP contribution in [-0.4, -0.2) is 31.6 Å². The molecule has 7 N–H and O–H groups in total. The van der Waals surface area contributed by atoms with Crippen molar-refractivity contribution in [1.29, 1.82) is 5.26 Å². The Bertz CT molecular complexity index is 923. The molecule has 0 aromatic rings. The van der Waals surface area contributed by atoms with Crippen LogP contribution in [0.25, 0.3) is 0 Å². The van der Waals surface area contributed by atoms with Crippen molar-refractivity contribution in [2.75, 3.05) is 26.7 Å². The highest BCUT2D eigenvalue weighted by Crippen LogP contribution is 2.36. The molecular formula is C28H43BrN6O. The molecule has 7 nitrogen and oxygen atoms in total. The van der Waals surface area contributed by atoms with Crippen molar-refractivity contribution in [1.82, 2.24) is 10.3 Å². The van der Waals surface area contributed by atoms with E-state index in [2.05, 4.69) is 58.8 Å². The first-order valence-corrected chi connectivity index (χ1v) is 12.7. The topological polar surface area (TPSA) is 126 Å². The number of hydrogen-bond acceptors (Lipinski definition) is 7. The monoisotopic (exact) mass is 558 g/mol. The molecule has 0 aromatic heterocycles. The number of nitrogens with two attached hydrogens (primary N) is 3. The molecule has 0 saturated carbocycles. The second-order valence-corrected chi connectivity index (χ2v) is 9.30. The Balaban J connectivity index is 5.45. The second kappa shape index (κ2) is 19.2. The van der Waals surface area contributed by atoms with Crippen LogP contribution in [0.15, 0.2) is 95.2 Å². The summed E-state index contributed by atoms with van der Waals surface area (Å²) < 4.78 is 6.67. The van der Waals surface area contributed by atoms with Gasteiger partial charge in [-0.15, -0.1) is 0 Å². The van der Waals surface area contributed by atoms with Gasteiger partial charge < -0.3 is 26.5 Å². The summed E-state index contributed by atoms with van der Waals surface area (Å²) in [7, 11) is 2.04. The molecule has 36 heavy (non-hydrogen) atoms. The standard InChI is InChI=1S/C28H43BrN6O/c1-6-8-9-10-12-23(3)28(7-2,22-32)16-18-35(5)20-25(13-11-17-30)21-36-27(26(29)19-31)15-14-24(4)34-33/h6,8-15,17,19,23,34H,1,7,16,18,20-21,30-31,33H2,2-5H3/b9-8-,12-10-,17-11-,24-14+,25-13-,26-19-,27-15+. The van der Waals surface area contributed by atoms with E-state index in [-0.39, 0.29) is 5.92 Å². The summed E-state index contributed by atoms with van der Waals surface area (Å²) in [6.07, 6.45) is 21.3. The lowest BCUT2D eigenvalue weighted by molar-refractivity contribution is 0.211. The third-order valence-electron chi connectivity index (χ3n) is 5.85. The fourth-order valence-electron chi connectivity index (χ4n) is 3.37. The van der Waals surface area contributed by atoms with E-state index in [1.54, 1.807) is 24.3 Å². The van der Waals surface area contributed by atoms with Crippen molar-refractivity contribution < 1.29 is 4.74 Å². The van der Waals surface area contributed by atoms with Gasteiger partial charge in [0.2, 0.25) is 0 Å². The number of halogens is 1.